The first kappa shape index (κ1) is 12.7. The van der Waals surface area contributed by atoms with Crippen LogP contribution < -0.4 is 0 Å². The molecular weight excluding hydrogens is 188 g/mol. The first-order valence-corrected chi connectivity index (χ1v) is 6.25. The zero-order chi connectivity index (χ0) is 11.3. The van der Waals surface area contributed by atoms with Crippen LogP contribution in [0.4, 0.5) is 0 Å². The fraction of sp³-hybridized carbons (Fsp3) is 0.923. The predicted molar refractivity (Wildman–Crippen MR) is 61.7 cm³/mol. The largest absolute Gasteiger partial charge is 0.393 e. The van der Waals surface area contributed by atoms with E-state index >= 15 is 0 Å². The second-order valence-corrected chi connectivity index (χ2v) is 5.26. The topological polar surface area (TPSA) is 37.3 Å². The van der Waals surface area contributed by atoms with Crippen molar-refractivity contribution in [3.05, 3.63) is 0 Å². The Kier molecular flexibility index (Phi) is 5.30. The van der Waals surface area contributed by atoms with Crippen LogP contribution in [0.15, 0.2) is 0 Å². The molecule has 0 aromatic rings. The smallest absolute Gasteiger partial charge is 0.130 e. The molecular formula is C13H24O2. The van der Waals surface area contributed by atoms with Gasteiger partial charge in [-0.05, 0) is 44.4 Å². The van der Waals surface area contributed by atoms with Crippen molar-refractivity contribution in [3.8, 4) is 0 Å². The first-order chi connectivity index (χ1) is 7.08. The Hall–Kier alpha value is -0.370. The van der Waals surface area contributed by atoms with Crippen molar-refractivity contribution in [3.63, 3.8) is 0 Å². The van der Waals surface area contributed by atoms with Crippen molar-refractivity contribution in [2.24, 2.45) is 11.8 Å². The molecule has 0 radical (unpaired) electrons. The van der Waals surface area contributed by atoms with Crippen molar-refractivity contribution in [2.45, 2.75) is 64.9 Å². The molecule has 88 valence electrons. The number of hydrogen-bond donors (Lipinski definition) is 1. The minimum Gasteiger partial charge on any atom is -0.393 e. The van der Waals surface area contributed by atoms with Gasteiger partial charge in [-0.2, -0.15) is 0 Å². The molecule has 0 spiro atoms. The molecule has 0 unspecified atom stereocenters. The molecule has 0 aromatic carbocycles. The van der Waals surface area contributed by atoms with E-state index in [-0.39, 0.29) is 6.10 Å². The lowest BCUT2D eigenvalue weighted by molar-refractivity contribution is -0.117. The number of aliphatic hydroxyl groups excluding tert-OH is 1. The van der Waals surface area contributed by atoms with Crippen LogP contribution in [0.3, 0.4) is 0 Å². The van der Waals surface area contributed by atoms with Gasteiger partial charge in [-0.3, -0.25) is 0 Å². The molecule has 1 fully saturated rings. The quantitative estimate of drug-likeness (QED) is 0.760. The number of hydrogen-bond acceptors (Lipinski definition) is 2. The molecule has 0 saturated heterocycles. The van der Waals surface area contributed by atoms with Gasteiger partial charge in [0.25, 0.3) is 0 Å². The first-order valence-electron chi connectivity index (χ1n) is 6.25. The second-order valence-electron chi connectivity index (χ2n) is 5.26. The van der Waals surface area contributed by atoms with E-state index in [0.29, 0.717) is 11.7 Å². The van der Waals surface area contributed by atoms with Crippen LogP contribution in [0, 0.1) is 11.8 Å². The summed E-state index contributed by atoms with van der Waals surface area (Å²) in [5, 5.41) is 9.38. The zero-order valence-corrected chi connectivity index (χ0v) is 10.0. The van der Waals surface area contributed by atoms with Crippen LogP contribution in [0.2, 0.25) is 0 Å². The van der Waals surface area contributed by atoms with Crippen LogP contribution >= 0.6 is 0 Å². The number of rotatable bonds is 5. The molecule has 1 aliphatic rings. The normalized spacial score (nSPS) is 28.7. The highest BCUT2D eigenvalue weighted by atomic mass is 16.3. The van der Waals surface area contributed by atoms with Gasteiger partial charge in [0.1, 0.15) is 5.78 Å². The van der Waals surface area contributed by atoms with Gasteiger partial charge in [0.15, 0.2) is 0 Å². The third kappa shape index (κ3) is 5.31. The minimum atomic E-state index is -0.0455. The summed E-state index contributed by atoms with van der Waals surface area (Å²) in [5.41, 5.74) is 0. The lowest BCUT2D eigenvalue weighted by atomic mass is 9.82. The highest BCUT2D eigenvalue weighted by Gasteiger charge is 2.19. The molecule has 0 aromatic heterocycles. The van der Waals surface area contributed by atoms with Gasteiger partial charge in [0, 0.05) is 6.42 Å². The highest BCUT2D eigenvalue weighted by molar-refractivity contribution is 5.75. The molecule has 0 bridgehead atoms. The van der Waals surface area contributed by atoms with E-state index in [4.69, 9.17) is 0 Å². The molecule has 1 N–H and O–H groups in total. The third-order valence-electron chi connectivity index (χ3n) is 3.52. The van der Waals surface area contributed by atoms with Crippen molar-refractivity contribution in [1.29, 1.82) is 0 Å². The van der Waals surface area contributed by atoms with Gasteiger partial charge in [0.05, 0.1) is 6.10 Å². The molecule has 2 nitrogen and oxygen atoms in total. The maximum absolute atomic E-state index is 10.9. The maximum Gasteiger partial charge on any atom is 0.130 e. The molecule has 15 heavy (non-hydrogen) atoms. The summed E-state index contributed by atoms with van der Waals surface area (Å²) >= 11 is 0. The summed E-state index contributed by atoms with van der Waals surface area (Å²) < 4.78 is 0. The van der Waals surface area contributed by atoms with Crippen LogP contribution in [-0.2, 0) is 4.79 Å². The molecule has 0 aliphatic heterocycles. The summed E-state index contributed by atoms with van der Waals surface area (Å²) in [7, 11) is 0. The van der Waals surface area contributed by atoms with Gasteiger partial charge < -0.3 is 9.90 Å². The van der Waals surface area contributed by atoms with Gasteiger partial charge >= 0.3 is 0 Å². The van der Waals surface area contributed by atoms with E-state index in [1.807, 2.05) is 0 Å². The molecule has 0 amide bonds. The van der Waals surface area contributed by atoms with Crippen LogP contribution in [-0.4, -0.2) is 17.0 Å². The predicted octanol–water partition coefficient (Wildman–Crippen LogP) is 2.93. The molecule has 0 heterocycles. The molecule has 1 saturated carbocycles. The van der Waals surface area contributed by atoms with Crippen molar-refractivity contribution in [2.75, 3.05) is 0 Å². The van der Waals surface area contributed by atoms with E-state index in [1.54, 1.807) is 6.92 Å². The number of ketones is 1. The van der Waals surface area contributed by atoms with Crippen molar-refractivity contribution in [1.82, 2.24) is 0 Å². The third-order valence-corrected chi connectivity index (χ3v) is 3.52. The Morgan fingerprint density at radius 2 is 1.93 bits per heavy atom. The molecule has 1 rings (SSSR count). The number of Topliss-reactive ketones (excluding diaryl/α,β-unsaturated/α-hetero) is 1. The number of aliphatic hydroxyl groups is 1. The second kappa shape index (κ2) is 6.26. The summed E-state index contributed by atoms with van der Waals surface area (Å²) in [4.78, 5) is 10.9. The lowest BCUT2D eigenvalue weighted by Crippen LogP contribution is -2.18. The summed E-state index contributed by atoms with van der Waals surface area (Å²) in [6.07, 6.45) is 7.40. The number of carbonyl (C=O) groups excluding carboxylic acids is 1. The van der Waals surface area contributed by atoms with Crippen molar-refractivity contribution < 1.29 is 9.90 Å². The monoisotopic (exact) mass is 212 g/mol. The summed E-state index contributed by atoms with van der Waals surface area (Å²) in [6, 6.07) is 0. The van der Waals surface area contributed by atoms with E-state index in [0.717, 1.165) is 25.2 Å². The van der Waals surface area contributed by atoms with E-state index < -0.39 is 0 Å². The number of carbonyl (C=O) groups is 1. The van der Waals surface area contributed by atoms with Gasteiger partial charge in [-0.15, -0.1) is 0 Å². The standard InChI is InChI=1S/C13H24O2/c1-10(9-11(2)14)3-4-12-5-7-13(15)8-6-12/h10,12-13,15H,3-9H2,1-2H3/t10-,12?,13?/m0/s1. The Balaban J connectivity index is 2.11. The average molecular weight is 212 g/mol. The Labute approximate surface area is 93.1 Å². The van der Waals surface area contributed by atoms with Gasteiger partial charge in [0.2, 0.25) is 0 Å². The van der Waals surface area contributed by atoms with Crippen LogP contribution in [0.25, 0.3) is 0 Å². The zero-order valence-electron chi connectivity index (χ0n) is 10.0. The lowest BCUT2D eigenvalue weighted by Gasteiger charge is -2.26. The van der Waals surface area contributed by atoms with Crippen LogP contribution in [0.1, 0.15) is 58.8 Å². The summed E-state index contributed by atoms with van der Waals surface area (Å²) in [5.74, 6) is 1.64. The summed E-state index contributed by atoms with van der Waals surface area (Å²) in [6.45, 7) is 3.84. The van der Waals surface area contributed by atoms with Gasteiger partial charge in [-0.25, -0.2) is 0 Å². The highest BCUT2D eigenvalue weighted by Crippen LogP contribution is 2.29. The Bertz CT molecular complexity index is 193. The van der Waals surface area contributed by atoms with E-state index in [9.17, 15) is 9.90 Å². The molecule has 1 atom stereocenters. The molecule has 2 heteroatoms. The fourth-order valence-electron chi connectivity index (χ4n) is 2.55. The maximum atomic E-state index is 10.9. The fourth-order valence-corrected chi connectivity index (χ4v) is 2.55. The molecule has 1 aliphatic carbocycles. The average Bonchev–Trinajstić information content (AvgIpc) is 2.16. The van der Waals surface area contributed by atoms with E-state index in [2.05, 4.69) is 6.92 Å². The van der Waals surface area contributed by atoms with Crippen LogP contribution in [0.5, 0.6) is 0 Å². The Morgan fingerprint density at radius 3 is 2.47 bits per heavy atom. The van der Waals surface area contributed by atoms with Crippen molar-refractivity contribution >= 4 is 5.78 Å². The van der Waals surface area contributed by atoms with Gasteiger partial charge in [-0.1, -0.05) is 19.8 Å². The van der Waals surface area contributed by atoms with E-state index in [1.165, 1.54) is 25.7 Å². The SMILES string of the molecule is CC(=O)C[C@@H](C)CCC1CCC(O)CC1. The Morgan fingerprint density at radius 1 is 1.33 bits per heavy atom. The minimum absolute atomic E-state index is 0.0455.